The van der Waals surface area contributed by atoms with Crippen molar-refractivity contribution in [1.82, 2.24) is 14.7 Å². The molecule has 1 amide bonds. The topological polar surface area (TPSA) is 67.3 Å². The van der Waals surface area contributed by atoms with Gasteiger partial charge in [-0.2, -0.15) is 8.78 Å². The Morgan fingerprint density at radius 2 is 1.96 bits per heavy atom. The van der Waals surface area contributed by atoms with E-state index in [9.17, 15) is 18.4 Å². The van der Waals surface area contributed by atoms with Gasteiger partial charge in [0.15, 0.2) is 0 Å². The molecule has 1 saturated heterocycles. The minimum Gasteiger partial charge on any atom is -0.332 e. The number of hydrogen-bond donors (Lipinski definition) is 1. The van der Waals surface area contributed by atoms with Crippen LogP contribution >= 0.6 is 0 Å². The number of aromatic nitrogens is 2. The Balaban J connectivity index is 1.73. The first kappa shape index (κ1) is 15.4. The Bertz CT molecular complexity index is 761. The summed E-state index contributed by atoms with van der Waals surface area (Å²) in [6.45, 7) is -0.750. The van der Waals surface area contributed by atoms with E-state index in [1.807, 2.05) is 19.1 Å². The van der Waals surface area contributed by atoms with Gasteiger partial charge in [-0.3, -0.25) is 14.7 Å². The minimum absolute atomic E-state index is 0.0842. The SMILES string of the molecule is Cc1ccc(-n2[nH]c(C(=O)N3CC(OC(F)F)C3)cc2=O)cc1. The van der Waals surface area contributed by atoms with E-state index in [0.717, 1.165) is 5.56 Å². The maximum atomic E-state index is 12.2. The second-order valence-electron chi connectivity index (χ2n) is 5.41. The van der Waals surface area contributed by atoms with Crippen molar-refractivity contribution in [2.45, 2.75) is 19.6 Å². The molecule has 122 valence electrons. The fraction of sp³-hybridized carbons (Fsp3) is 0.333. The van der Waals surface area contributed by atoms with Crippen molar-refractivity contribution in [3.05, 3.63) is 51.9 Å². The summed E-state index contributed by atoms with van der Waals surface area (Å²) in [5, 5.41) is 2.75. The number of benzene rings is 1. The molecule has 1 fully saturated rings. The lowest BCUT2D eigenvalue weighted by molar-refractivity contribution is -0.189. The molecule has 0 unspecified atom stereocenters. The molecule has 0 atom stereocenters. The zero-order valence-corrected chi connectivity index (χ0v) is 12.3. The van der Waals surface area contributed by atoms with E-state index in [1.54, 1.807) is 12.1 Å². The van der Waals surface area contributed by atoms with Gasteiger partial charge in [-0.15, -0.1) is 0 Å². The average molecular weight is 323 g/mol. The fourth-order valence-electron chi connectivity index (χ4n) is 2.40. The lowest BCUT2D eigenvalue weighted by Crippen LogP contribution is -2.55. The molecule has 0 bridgehead atoms. The number of nitrogens with one attached hydrogen (secondary N) is 1. The van der Waals surface area contributed by atoms with Gasteiger partial charge in [0.05, 0.1) is 11.8 Å². The molecule has 0 saturated carbocycles. The number of rotatable bonds is 4. The van der Waals surface area contributed by atoms with Gasteiger partial charge in [-0.05, 0) is 19.1 Å². The van der Waals surface area contributed by atoms with Crippen molar-refractivity contribution in [3.8, 4) is 5.69 Å². The smallest absolute Gasteiger partial charge is 0.332 e. The van der Waals surface area contributed by atoms with Crippen molar-refractivity contribution in [1.29, 1.82) is 0 Å². The molecule has 1 aromatic heterocycles. The number of aromatic amines is 1. The number of carbonyl (C=O) groups is 1. The van der Waals surface area contributed by atoms with Crippen LogP contribution in [-0.4, -0.2) is 46.4 Å². The Morgan fingerprint density at radius 1 is 1.30 bits per heavy atom. The number of amides is 1. The molecule has 1 aromatic carbocycles. The number of carbonyl (C=O) groups excluding carboxylic acids is 1. The van der Waals surface area contributed by atoms with E-state index >= 15 is 0 Å². The summed E-state index contributed by atoms with van der Waals surface area (Å²) in [4.78, 5) is 25.6. The first-order valence-electron chi connectivity index (χ1n) is 7.06. The first-order chi connectivity index (χ1) is 10.9. The van der Waals surface area contributed by atoms with Gasteiger partial charge in [-0.25, -0.2) is 4.68 Å². The molecule has 2 aromatic rings. The third kappa shape index (κ3) is 3.16. The van der Waals surface area contributed by atoms with E-state index in [2.05, 4.69) is 9.84 Å². The predicted molar refractivity (Wildman–Crippen MR) is 77.9 cm³/mol. The van der Waals surface area contributed by atoms with Gasteiger partial charge in [0.1, 0.15) is 5.69 Å². The molecule has 1 aliphatic heterocycles. The molecule has 23 heavy (non-hydrogen) atoms. The number of hydrogen-bond acceptors (Lipinski definition) is 3. The number of aryl methyl sites for hydroxylation is 1. The lowest BCUT2D eigenvalue weighted by Gasteiger charge is -2.38. The second kappa shape index (κ2) is 5.96. The van der Waals surface area contributed by atoms with E-state index in [-0.39, 0.29) is 24.3 Å². The maximum absolute atomic E-state index is 12.2. The van der Waals surface area contributed by atoms with Crippen LogP contribution in [0.3, 0.4) is 0 Å². The largest absolute Gasteiger partial charge is 0.345 e. The second-order valence-corrected chi connectivity index (χ2v) is 5.41. The summed E-state index contributed by atoms with van der Waals surface area (Å²) >= 11 is 0. The molecule has 3 rings (SSSR count). The summed E-state index contributed by atoms with van der Waals surface area (Å²) in [6.07, 6.45) is -0.662. The molecule has 1 N–H and O–H groups in total. The highest BCUT2D eigenvalue weighted by molar-refractivity contribution is 5.92. The van der Waals surface area contributed by atoms with E-state index in [1.165, 1.54) is 15.6 Å². The van der Waals surface area contributed by atoms with Crippen LogP contribution in [0, 0.1) is 6.92 Å². The van der Waals surface area contributed by atoms with Crippen molar-refractivity contribution in [3.63, 3.8) is 0 Å². The first-order valence-corrected chi connectivity index (χ1v) is 7.06. The number of likely N-dealkylation sites (tertiary alicyclic amines) is 1. The van der Waals surface area contributed by atoms with Crippen LogP contribution in [0.4, 0.5) is 8.78 Å². The van der Waals surface area contributed by atoms with Crippen LogP contribution in [0.1, 0.15) is 16.1 Å². The Hall–Kier alpha value is -2.48. The van der Waals surface area contributed by atoms with Crippen LogP contribution in [0.15, 0.2) is 35.1 Å². The monoisotopic (exact) mass is 323 g/mol. The molecule has 6 nitrogen and oxygen atoms in total. The molecule has 1 aliphatic rings. The summed E-state index contributed by atoms with van der Waals surface area (Å²) in [5.41, 5.74) is 1.42. The molecular formula is C15H15F2N3O3. The summed E-state index contributed by atoms with van der Waals surface area (Å²) in [7, 11) is 0. The van der Waals surface area contributed by atoms with Gasteiger partial charge in [0.2, 0.25) is 0 Å². The predicted octanol–water partition coefficient (Wildman–Crippen LogP) is 1.54. The maximum Gasteiger partial charge on any atom is 0.345 e. The normalized spacial score (nSPS) is 15.0. The third-order valence-electron chi connectivity index (χ3n) is 3.67. The number of ether oxygens (including phenoxy) is 1. The van der Waals surface area contributed by atoms with Crippen LogP contribution in [0.25, 0.3) is 5.69 Å². The Labute approximate surface area is 130 Å². The zero-order valence-electron chi connectivity index (χ0n) is 12.3. The highest BCUT2D eigenvalue weighted by atomic mass is 19.3. The van der Waals surface area contributed by atoms with Gasteiger partial charge in [0.25, 0.3) is 11.5 Å². The van der Waals surface area contributed by atoms with Crippen molar-refractivity contribution in [2.75, 3.05) is 13.1 Å². The van der Waals surface area contributed by atoms with Crippen LogP contribution in [0.2, 0.25) is 0 Å². The van der Waals surface area contributed by atoms with Crippen LogP contribution < -0.4 is 5.56 Å². The molecule has 0 aliphatic carbocycles. The number of alkyl halides is 2. The van der Waals surface area contributed by atoms with E-state index < -0.39 is 18.6 Å². The summed E-state index contributed by atoms with van der Waals surface area (Å²) in [5.74, 6) is -0.415. The third-order valence-corrected chi connectivity index (χ3v) is 3.67. The Morgan fingerprint density at radius 3 is 2.57 bits per heavy atom. The number of H-pyrrole nitrogens is 1. The van der Waals surface area contributed by atoms with Crippen LogP contribution in [0.5, 0.6) is 0 Å². The highest BCUT2D eigenvalue weighted by Gasteiger charge is 2.34. The summed E-state index contributed by atoms with van der Waals surface area (Å²) < 4.78 is 29.7. The standard InChI is InChI=1S/C15H15F2N3O3/c1-9-2-4-10(5-3-9)20-13(21)6-12(18-20)14(22)19-7-11(8-19)23-15(16)17/h2-6,11,15,18H,7-8H2,1H3. The molecule has 0 spiro atoms. The average Bonchev–Trinajstić information content (AvgIpc) is 2.84. The molecule has 0 radical (unpaired) electrons. The fourth-order valence-corrected chi connectivity index (χ4v) is 2.40. The van der Waals surface area contributed by atoms with Gasteiger partial charge in [-0.1, -0.05) is 17.7 Å². The minimum atomic E-state index is -2.85. The molecule has 8 heteroatoms. The van der Waals surface area contributed by atoms with Crippen molar-refractivity contribution < 1.29 is 18.3 Å². The number of nitrogens with zero attached hydrogens (tertiary/aromatic N) is 2. The van der Waals surface area contributed by atoms with E-state index in [0.29, 0.717) is 5.69 Å². The summed E-state index contributed by atoms with van der Waals surface area (Å²) in [6, 6.07) is 8.43. The van der Waals surface area contributed by atoms with E-state index in [4.69, 9.17) is 0 Å². The van der Waals surface area contributed by atoms with Crippen molar-refractivity contribution >= 4 is 5.91 Å². The van der Waals surface area contributed by atoms with Gasteiger partial charge >= 0.3 is 6.61 Å². The molecular weight excluding hydrogens is 308 g/mol. The zero-order chi connectivity index (χ0) is 16.6. The van der Waals surface area contributed by atoms with Gasteiger partial charge < -0.3 is 9.64 Å². The lowest BCUT2D eigenvalue weighted by atomic mass is 10.1. The van der Waals surface area contributed by atoms with Crippen LogP contribution in [-0.2, 0) is 4.74 Å². The number of halogens is 2. The highest BCUT2D eigenvalue weighted by Crippen LogP contribution is 2.17. The van der Waals surface area contributed by atoms with Crippen molar-refractivity contribution in [2.24, 2.45) is 0 Å². The molecule has 2 heterocycles. The quantitative estimate of drug-likeness (QED) is 0.928. The van der Waals surface area contributed by atoms with Gasteiger partial charge in [0, 0.05) is 19.2 Å². The Kier molecular flexibility index (Phi) is 3.99.